The topological polar surface area (TPSA) is 85.8 Å². The number of carbonyl (C=O) groups excluding carboxylic acids is 1. The summed E-state index contributed by atoms with van der Waals surface area (Å²) in [5.41, 5.74) is 9.17. The van der Waals surface area contributed by atoms with E-state index < -0.39 is 0 Å². The number of nitrogens with one attached hydrogen (secondary N) is 1. The SMILES string of the molecule is Cc1nnn(C)c1-c1csc(C(=O)NC(CN)Cc2cccc(F)c2)c1. The van der Waals surface area contributed by atoms with Crippen LogP contribution in [0.25, 0.3) is 11.3 Å². The third-order valence-electron chi connectivity index (χ3n) is 4.08. The van der Waals surface area contributed by atoms with Crippen molar-refractivity contribution in [1.29, 1.82) is 0 Å². The number of halogens is 1. The van der Waals surface area contributed by atoms with Crippen molar-refractivity contribution in [3.63, 3.8) is 0 Å². The lowest BCUT2D eigenvalue weighted by atomic mass is 10.1. The number of carbonyl (C=O) groups is 1. The first-order chi connectivity index (χ1) is 12.5. The Bertz CT molecular complexity index is 900. The zero-order chi connectivity index (χ0) is 18.7. The van der Waals surface area contributed by atoms with E-state index in [9.17, 15) is 9.18 Å². The molecule has 0 spiro atoms. The smallest absolute Gasteiger partial charge is 0.261 e. The van der Waals surface area contributed by atoms with Crippen LogP contribution in [-0.4, -0.2) is 33.5 Å². The van der Waals surface area contributed by atoms with Crippen molar-refractivity contribution in [3.05, 3.63) is 57.7 Å². The van der Waals surface area contributed by atoms with Crippen LogP contribution in [0, 0.1) is 12.7 Å². The van der Waals surface area contributed by atoms with Crippen LogP contribution in [0.15, 0.2) is 35.7 Å². The maximum Gasteiger partial charge on any atom is 0.261 e. The summed E-state index contributed by atoms with van der Waals surface area (Å²) in [7, 11) is 1.82. The zero-order valence-corrected chi connectivity index (χ0v) is 15.4. The summed E-state index contributed by atoms with van der Waals surface area (Å²) in [5, 5.41) is 12.9. The molecule has 8 heteroatoms. The Labute approximate surface area is 154 Å². The van der Waals surface area contributed by atoms with Gasteiger partial charge in [0.15, 0.2) is 0 Å². The summed E-state index contributed by atoms with van der Waals surface area (Å²) in [6.45, 7) is 2.15. The maximum atomic E-state index is 13.3. The lowest BCUT2D eigenvalue weighted by Crippen LogP contribution is -2.41. The molecule has 1 unspecified atom stereocenters. The van der Waals surface area contributed by atoms with Gasteiger partial charge in [-0.3, -0.25) is 4.79 Å². The van der Waals surface area contributed by atoms with Crippen molar-refractivity contribution in [2.45, 2.75) is 19.4 Å². The van der Waals surface area contributed by atoms with Crippen molar-refractivity contribution in [1.82, 2.24) is 20.3 Å². The first-order valence-corrected chi connectivity index (χ1v) is 9.06. The van der Waals surface area contributed by atoms with Gasteiger partial charge in [0.05, 0.1) is 16.3 Å². The molecular formula is C18H20FN5OS. The number of hydrogen-bond acceptors (Lipinski definition) is 5. The minimum Gasteiger partial charge on any atom is -0.347 e. The number of aryl methyl sites for hydroxylation is 2. The third-order valence-corrected chi connectivity index (χ3v) is 5.01. The van der Waals surface area contributed by atoms with Gasteiger partial charge >= 0.3 is 0 Å². The number of hydrogen-bond donors (Lipinski definition) is 2. The molecule has 1 aromatic carbocycles. The van der Waals surface area contributed by atoms with E-state index in [2.05, 4.69) is 15.6 Å². The standard InChI is InChI=1S/C18H20FN5OS/c1-11-17(24(2)23-22-11)13-8-16(26-10-13)18(25)21-15(9-20)7-12-4-3-5-14(19)6-12/h3-6,8,10,15H,7,9,20H2,1-2H3,(H,21,25). The van der Waals surface area contributed by atoms with Crippen LogP contribution in [0.5, 0.6) is 0 Å². The third kappa shape index (κ3) is 3.97. The number of nitrogens with zero attached hydrogens (tertiary/aromatic N) is 3. The van der Waals surface area contributed by atoms with E-state index in [-0.39, 0.29) is 24.3 Å². The molecule has 26 heavy (non-hydrogen) atoms. The fraction of sp³-hybridized carbons (Fsp3) is 0.278. The van der Waals surface area contributed by atoms with Gasteiger partial charge in [-0.25, -0.2) is 9.07 Å². The quantitative estimate of drug-likeness (QED) is 0.694. The van der Waals surface area contributed by atoms with Crippen LogP contribution < -0.4 is 11.1 Å². The number of rotatable bonds is 6. The van der Waals surface area contributed by atoms with Crippen LogP contribution in [0.2, 0.25) is 0 Å². The lowest BCUT2D eigenvalue weighted by Gasteiger charge is -2.16. The van der Waals surface area contributed by atoms with Gasteiger partial charge in [-0.1, -0.05) is 17.3 Å². The Balaban J connectivity index is 1.71. The molecule has 0 saturated heterocycles. The molecule has 0 aliphatic heterocycles. The number of aromatic nitrogens is 3. The van der Waals surface area contributed by atoms with Crippen LogP contribution in [-0.2, 0) is 13.5 Å². The summed E-state index contributed by atoms with van der Waals surface area (Å²) in [6, 6.07) is 7.87. The number of thiophene rings is 1. The summed E-state index contributed by atoms with van der Waals surface area (Å²) in [6.07, 6.45) is 0.475. The van der Waals surface area contributed by atoms with Crippen molar-refractivity contribution in [3.8, 4) is 11.3 Å². The summed E-state index contributed by atoms with van der Waals surface area (Å²) >= 11 is 1.35. The Morgan fingerprint density at radius 1 is 1.42 bits per heavy atom. The van der Waals surface area contributed by atoms with E-state index in [1.807, 2.05) is 31.5 Å². The normalized spacial score (nSPS) is 12.2. The molecule has 1 amide bonds. The first kappa shape index (κ1) is 18.2. The molecule has 0 fully saturated rings. The molecule has 0 aliphatic carbocycles. The highest BCUT2D eigenvalue weighted by molar-refractivity contribution is 7.12. The average Bonchev–Trinajstić information content (AvgIpc) is 3.21. The Kier molecular flexibility index (Phi) is 5.43. The highest BCUT2D eigenvalue weighted by Gasteiger charge is 2.17. The Morgan fingerprint density at radius 3 is 2.88 bits per heavy atom. The predicted octanol–water partition coefficient (Wildman–Crippen LogP) is 2.29. The minimum absolute atomic E-state index is 0.194. The monoisotopic (exact) mass is 373 g/mol. The Morgan fingerprint density at radius 2 is 2.23 bits per heavy atom. The molecule has 6 nitrogen and oxygen atoms in total. The van der Waals surface area contributed by atoms with Gasteiger partial charge in [0.2, 0.25) is 0 Å². The average molecular weight is 373 g/mol. The lowest BCUT2D eigenvalue weighted by molar-refractivity contribution is 0.0942. The molecule has 2 heterocycles. The maximum absolute atomic E-state index is 13.3. The molecule has 2 aromatic heterocycles. The molecular weight excluding hydrogens is 353 g/mol. The second kappa shape index (κ2) is 7.76. The van der Waals surface area contributed by atoms with Crippen LogP contribution >= 0.6 is 11.3 Å². The van der Waals surface area contributed by atoms with E-state index in [1.54, 1.807) is 10.7 Å². The van der Waals surface area contributed by atoms with Crippen LogP contribution in [0.3, 0.4) is 0 Å². The highest BCUT2D eigenvalue weighted by atomic mass is 32.1. The summed E-state index contributed by atoms with van der Waals surface area (Å²) in [4.78, 5) is 13.1. The molecule has 3 N–H and O–H groups in total. The predicted molar refractivity (Wildman–Crippen MR) is 99.5 cm³/mol. The van der Waals surface area contributed by atoms with E-state index in [4.69, 9.17) is 5.73 Å². The van der Waals surface area contributed by atoms with Gasteiger partial charge < -0.3 is 11.1 Å². The molecule has 136 valence electrons. The van der Waals surface area contributed by atoms with Gasteiger partial charge in [0, 0.05) is 30.6 Å². The van der Waals surface area contributed by atoms with Crippen LogP contribution in [0.1, 0.15) is 20.9 Å². The van der Waals surface area contributed by atoms with Crippen molar-refractivity contribution in [2.75, 3.05) is 6.54 Å². The zero-order valence-electron chi connectivity index (χ0n) is 14.6. The Hall–Kier alpha value is -2.58. The highest BCUT2D eigenvalue weighted by Crippen LogP contribution is 2.26. The van der Waals surface area contributed by atoms with E-state index in [0.717, 1.165) is 22.5 Å². The number of nitrogens with two attached hydrogens (primary N) is 1. The van der Waals surface area contributed by atoms with E-state index >= 15 is 0 Å². The summed E-state index contributed by atoms with van der Waals surface area (Å²) in [5.74, 6) is -0.492. The van der Waals surface area contributed by atoms with Gasteiger partial charge in [0.1, 0.15) is 5.82 Å². The summed E-state index contributed by atoms with van der Waals surface area (Å²) < 4.78 is 15.0. The molecule has 3 aromatic rings. The van der Waals surface area contributed by atoms with Gasteiger partial charge in [-0.15, -0.1) is 16.4 Å². The fourth-order valence-electron chi connectivity index (χ4n) is 2.83. The van der Waals surface area contributed by atoms with E-state index in [1.165, 1.54) is 23.5 Å². The molecule has 0 radical (unpaired) electrons. The molecule has 1 atom stereocenters. The molecule has 3 rings (SSSR count). The van der Waals surface area contributed by atoms with Gasteiger partial charge in [-0.2, -0.15) is 0 Å². The second-order valence-corrected chi connectivity index (χ2v) is 7.00. The van der Waals surface area contributed by atoms with Gasteiger partial charge in [0.25, 0.3) is 5.91 Å². The fourth-order valence-corrected chi connectivity index (χ4v) is 3.63. The number of amides is 1. The van der Waals surface area contributed by atoms with Crippen molar-refractivity contribution >= 4 is 17.2 Å². The minimum atomic E-state index is -0.298. The largest absolute Gasteiger partial charge is 0.347 e. The van der Waals surface area contributed by atoms with Gasteiger partial charge in [-0.05, 0) is 37.1 Å². The van der Waals surface area contributed by atoms with E-state index in [0.29, 0.717) is 11.3 Å². The molecule has 0 bridgehead atoms. The second-order valence-electron chi connectivity index (χ2n) is 6.09. The van der Waals surface area contributed by atoms with Crippen LogP contribution in [0.4, 0.5) is 4.39 Å². The molecule has 0 aliphatic rings. The van der Waals surface area contributed by atoms with Crippen molar-refractivity contribution in [2.24, 2.45) is 12.8 Å². The van der Waals surface area contributed by atoms with Crippen molar-refractivity contribution < 1.29 is 9.18 Å². The first-order valence-electron chi connectivity index (χ1n) is 8.18. The molecule has 0 saturated carbocycles. The number of benzene rings is 1.